The molecule has 0 aliphatic carbocycles. The van der Waals surface area contributed by atoms with E-state index in [2.05, 4.69) is 0 Å². The molecule has 2 aromatic carbocycles. The fourth-order valence-electron chi connectivity index (χ4n) is 3.92. The van der Waals surface area contributed by atoms with Crippen LogP contribution < -0.4 is 4.72 Å². The highest BCUT2D eigenvalue weighted by Crippen LogP contribution is 2.37. The Morgan fingerprint density at radius 2 is 1.68 bits per heavy atom. The van der Waals surface area contributed by atoms with Crippen LogP contribution in [-0.2, 0) is 16.4 Å². The summed E-state index contributed by atoms with van der Waals surface area (Å²) in [5.74, 6) is -7.56. The highest BCUT2D eigenvalue weighted by Gasteiger charge is 2.57. The van der Waals surface area contributed by atoms with Crippen LogP contribution in [0.1, 0.15) is 12.5 Å². The van der Waals surface area contributed by atoms with Gasteiger partial charge >= 0.3 is 6.03 Å². The average Bonchev–Trinajstić information content (AvgIpc) is 3.00. The first-order chi connectivity index (χ1) is 15.8. The summed E-state index contributed by atoms with van der Waals surface area (Å²) in [5, 5.41) is 0. The number of carbonyl (C=O) groups excluding carboxylic acids is 1. The third-order valence-electron chi connectivity index (χ3n) is 5.69. The number of likely N-dealkylation sites (tertiary alicyclic amines) is 1. The van der Waals surface area contributed by atoms with E-state index in [4.69, 9.17) is 0 Å². The lowest BCUT2D eigenvalue weighted by atomic mass is 9.95. The number of nitrogens with zero attached hydrogens (tertiary/aromatic N) is 2. The zero-order valence-corrected chi connectivity index (χ0v) is 19.5. The molecular formula is C22H24F5N3O3S. The standard InChI is InChI=1S/C22H24F5N3O3S/c1-4-34(32,33)28-20-17(30(12-22(20,26)27)21(31)29(2)3)11-13-7-5-8-14(18(13)24)15-9-6-10-16(23)19(15)25/h5-10,17,20,28H,4,11-12H2,1-3H3/t17-,20+/m0/s1. The van der Waals surface area contributed by atoms with Crippen molar-refractivity contribution < 1.29 is 35.2 Å². The SMILES string of the molecule is CCS(=O)(=O)N[C@@H]1[C@H](Cc2cccc(-c3cccc(F)c3F)c2F)N(C(=O)N(C)C)CC1(F)F. The first-order valence-electron chi connectivity index (χ1n) is 10.4. The predicted octanol–water partition coefficient (Wildman–Crippen LogP) is 3.62. The van der Waals surface area contributed by atoms with Crippen molar-refractivity contribution in [2.24, 2.45) is 0 Å². The summed E-state index contributed by atoms with van der Waals surface area (Å²) in [5.41, 5.74) is -0.822. The van der Waals surface area contributed by atoms with Gasteiger partial charge in [0.2, 0.25) is 10.0 Å². The van der Waals surface area contributed by atoms with Crippen LogP contribution >= 0.6 is 0 Å². The van der Waals surface area contributed by atoms with Crippen molar-refractivity contribution in [1.29, 1.82) is 0 Å². The Kier molecular flexibility index (Phi) is 7.23. The third kappa shape index (κ3) is 5.02. The molecule has 1 aliphatic rings. The monoisotopic (exact) mass is 505 g/mol. The molecule has 186 valence electrons. The van der Waals surface area contributed by atoms with Crippen LogP contribution in [0.15, 0.2) is 36.4 Å². The number of hydrogen-bond acceptors (Lipinski definition) is 3. The number of rotatable bonds is 6. The van der Waals surface area contributed by atoms with Gasteiger partial charge in [-0.05, 0) is 25.0 Å². The van der Waals surface area contributed by atoms with E-state index >= 15 is 4.39 Å². The van der Waals surface area contributed by atoms with Gasteiger partial charge in [0.05, 0.1) is 18.3 Å². The third-order valence-corrected chi connectivity index (χ3v) is 7.06. The van der Waals surface area contributed by atoms with Gasteiger partial charge in [-0.15, -0.1) is 0 Å². The smallest absolute Gasteiger partial charge is 0.320 e. The normalized spacial score (nSPS) is 19.9. The topological polar surface area (TPSA) is 69.7 Å². The van der Waals surface area contributed by atoms with E-state index in [0.29, 0.717) is 0 Å². The number of sulfonamides is 1. The minimum absolute atomic E-state index is 0.166. The Bertz CT molecular complexity index is 1190. The molecule has 0 saturated carbocycles. The van der Waals surface area contributed by atoms with Gasteiger partial charge in [-0.25, -0.2) is 39.9 Å². The molecule has 0 bridgehead atoms. The fourth-order valence-corrected chi connectivity index (χ4v) is 4.81. The molecule has 0 aromatic heterocycles. The molecule has 6 nitrogen and oxygen atoms in total. The molecule has 2 amide bonds. The molecule has 1 fully saturated rings. The predicted molar refractivity (Wildman–Crippen MR) is 116 cm³/mol. The minimum atomic E-state index is -4.11. The van der Waals surface area contributed by atoms with E-state index in [1.807, 2.05) is 4.72 Å². The van der Waals surface area contributed by atoms with E-state index in [1.54, 1.807) is 0 Å². The van der Waals surface area contributed by atoms with Gasteiger partial charge in [-0.3, -0.25) is 0 Å². The van der Waals surface area contributed by atoms with E-state index in [1.165, 1.54) is 51.4 Å². The van der Waals surface area contributed by atoms with Crippen molar-refractivity contribution in [3.63, 3.8) is 0 Å². The summed E-state index contributed by atoms with van der Waals surface area (Å²) in [4.78, 5) is 14.5. The molecule has 2 aromatic rings. The molecule has 0 radical (unpaired) electrons. The Hall–Kier alpha value is -2.73. The van der Waals surface area contributed by atoms with Crippen molar-refractivity contribution in [2.45, 2.75) is 31.4 Å². The van der Waals surface area contributed by atoms with Gasteiger partial charge in [-0.2, -0.15) is 0 Å². The van der Waals surface area contributed by atoms with Gasteiger partial charge < -0.3 is 9.80 Å². The summed E-state index contributed by atoms with van der Waals surface area (Å²) in [6.07, 6.45) is -0.497. The summed E-state index contributed by atoms with van der Waals surface area (Å²) >= 11 is 0. The second kappa shape index (κ2) is 9.49. The van der Waals surface area contributed by atoms with Gasteiger partial charge in [-0.1, -0.05) is 30.3 Å². The Balaban J connectivity index is 2.07. The van der Waals surface area contributed by atoms with Crippen LogP contribution in [0.3, 0.4) is 0 Å². The van der Waals surface area contributed by atoms with E-state index < -0.39 is 70.2 Å². The van der Waals surface area contributed by atoms with Gasteiger partial charge in [0.25, 0.3) is 5.92 Å². The lowest BCUT2D eigenvalue weighted by Gasteiger charge is -2.30. The number of urea groups is 1. The first kappa shape index (κ1) is 25.9. The molecular weight excluding hydrogens is 481 g/mol. The van der Waals surface area contributed by atoms with Crippen molar-refractivity contribution in [1.82, 2.24) is 14.5 Å². The van der Waals surface area contributed by atoms with Crippen LogP contribution in [0.25, 0.3) is 11.1 Å². The Morgan fingerprint density at radius 1 is 1.09 bits per heavy atom. The number of alkyl halides is 2. The molecule has 1 saturated heterocycles. The quantitative estimate of drug-likeness (QED) is 0.610. The summed E-state index contributed by atoms with van der Waals surface area (Å²) in [6, 6.07) is 2.77. The number of carbonyl (C=O) groups is 1. The molecule has 1 heterocycles. The molecule has 1 aliphatic heterocycles. The molecule has 3 rings (SSSR count). The van der Waals surface area contributed by atoms with Gasteiger partial charge in [0, 0.05) is 25.2 Å². The molecule has 34 heavy (non-hydrogen) atoms. The molecule has 0 unspecified atom stereocenters. The first-order valence-corrected chi connectivity index (χ1v) is 12.0. The van der Waals surface area contributed by atoms with Crippen molar-refractivity contribution in [2.75, 3.05) is 26.4 Å². The van der Waals surface area contributed by atoms with Crippen LogP contribution in [0.4, 0.5) is 26.7 Å². The maximum atomic E-state index is 15.4. The van der Waals surface area contributed by atoms with Gasteiger partial charge in [0.15, 0.2) is 11.6 Å². The molecule has 0 spiro atoms. The van der Waals surface area contributed by atoms with Crippen LogP contribution in [-0.4, -0.2) is 68.6 Å². The number of halogens is 5. The highest BCUT2D eigenvalue weighted by molar-refractivity contribution is 7.89. The van der Waals surface area contributed by atoms with Crippen molar-refractivity contribution in [3.8, 4) is 11.1 Å². The number of benzene rings is 2. The second-order valence-corrected chi connectivity index (χ2v) is 10.3. The van der Waals surface area contributed by atoms with E-state index in [9.17, 15) is 30.8 Å². The van der Waals surface area contributed by atoms with E-state index in [-0.39, 0.29) is 16.7 Å². The number of nitrogens with one attached hydrogen (secondary N) is 1. The van der Waals surface area contributed by atoms with Crippen LogP contribution in [0.5, 0.6) is 0 Å². The minimum Gasteiger partial charge on any atom is -0.331 e. The van der Waals surface area contributed by atoms with Crippen LogP contribution in [0, 0.1) is 17.5 Å². The van der Waals surface area contributed by atoms with Gasteiger partial charge in [0.1, 0.15) is 11.9 Å². The summed E-state index contributed by atoms with van der Waals surface area (Å²) in [7, 11) is -1.42. The van der Waals surface area contributed by atoms with E-state index in [0.717, 1.165) is 15.9 Å². The zero-order valence-electron chi connectivity index (χ0n) is 18.7. The Labute approximate surface area is 194 Å². The number of amides is 2. The molecule has 1 N–H and O–H groups in total. The largest absolute Gasteiger partial charge is 0.331 e. The highest BCUT2D eigenvalue weighted by atomic mass is 32.2. The van der Waals surface area contributed by atoms with Crippen molar-refractivity contribution >= 4 is 16.1 Å². The maximum Gasteiger partial charge on any atom is 0.320 e. The molecule has 12 heteroatoms. The fraction of sp³-hybridized carbons (Fsp3) is 0.409. The lowest BCUT2D eigenvalue weighted by molar-refractivity contribution is -0.00498. The zero-order chi connectivity index (χ0) is 25.4. The summed E-state index contributed by atoms with van der Waals surface area (Å²) < 4.78 is 99.4. The molecule has 2 atom stereocenters. The lowest BCUT2D eigenvalue weighted by Crippen LogP contribution is -2.53. The maximum absolute atomic E-state index is 15.4. The number of hydrogen-bond donors (Lipinski definition) is 1. The Morgan fingerprint density at radius 3 is 2.26 bits per heavy atom. The summed E-state index contributed by atoms with van der Waals surface area (Å²) in [6.45, 7) is 0.190. The van der Waals surface area contributed by atoms with Crippen molar-refractivity contribution in [3.05, 3.63) is 59.4 Å². The second-order valence-electron chi connectivity index (χ2n) is 8.22. The van der Waals surface area contributed by atoms with Crippen LogP contribution in [0.2, 0.25) is 0 Å². The average molecular weight is 506 g/mol.